The average molecular weight is 469 g/mol. The van der Waals surface area contributed by atoms with Crippen molar-refractivity contribution in [2.45, 2.75) is 45.3 Å². The third-order valence-electron chi connectivity index (χ3n) is 5.05. The first-order chi connectivity index (χ1) is 14.9. The van der Waals surface area contributed by atoms with Crippen LogP contribution in [0, 0.1) is 6.92 Å². The summed E-state index contributed by atoms with van der Waals surface area (Å²) in [5.41, 5.74) is 2.22. The van der Waals surface area contributed by atoms with Crippen LogP contribution < -0.4 is 10.1 Å². The van der Waals surface area contributed by atoms with Crippen LogP contribution in [0.3, 0.4) is 0 Å². The lowest BCUT2D eigenvalue weighted by Gasteiger charge is -2.28. The van der Waals surface area contributed by atoms with Crippen molar-refractivity contribution in [1.29, 1.82) is 0 Å². The molecule has 1 N–H and O–H groups in total. The van der Waals surface area contributed by atoms with Gasteiger partial charge < -0.3 is 19.0 Å². The van der Waals surface area contributed by atoms with E-state index in [1.807, 2.05) is 27.7 Å². The Morgan fingerprint density at radius 3 is 2.53 bits per heavy atom. The predicted octanol–water partition coefficient (Wildman–Crippen LogP) is 4.37. The number of alkyl halides is 3. The molecule has 7 nitrogen and oxygen atoms in total. The van der Waals surface area contributed by atoms with Crippen molar-refractivity contribution < 1.29 is 26.9 Å². The van der Waals surface area contributed by atoms with Gasteiger partial charge in [0.1, 0.15) is 29.0 Å². The highest BCUT2D eigenvalue weighted by Crippen LogP contribution is 2.36. The number of hydrogen-bond acceptors (Lipinski definition) is 7. The van der Waals surface area contributed by atoms with E-state index in [0.717, 1.165) is 11.1 Å². The third kappa shape index (κ3) is 4.93. The van der Waals surface area contributed by atoms with E-state index in [9.17, 15) is 17.7 Å². The zero-order valence-corrected chi connectivity index (χ0v) is 18.9. The van der Waals surface area contributed by atoms with Gasteiger partial charge in [0, 0.05) is 5.39 Å². The molecule has 0 bridgehead atoms. The summed E-state index contributed by atoms with van der Waals surface area (Å²) in [6.45, 7) is 6.34. The normalized spacial score (nSPS) is 19.1. The maximum atomic E-state index is 12.7. The molecule has 3 aromatic rings. The van der Waals surface area contributed by atoms with Crippen LogP contribution in [0.15, 0.2) is 22.6 Å². The molecule has 0 saturated carbocycles. The molecule has 0 atom stereocenters. The Labute approximate surface area is 185 Å². The van der Waals surface area contributed by atoms with Gasteiger partial charge in [0.25, 0.3) is 5.89 Å². The minimum atomic E-state index is -4.42. The fourth-order valence-corrected chi connectivity index (χ4v) is 4.40. The topological polar surface area (TPSA) is 96.1 Å². The molecule has 0 aliphatic carbocycles. The number of nitrogens with one attached hydrogen (secondary N) is 1. The van der Waals surface area contributed by atoms with Crippen LogP contribution in [0.25, 0.3) is 22.5 Å². The molecule has 2 aromatic heterocycles. The van der Waals surface area contributed by atoms with Gasteiger partial charge in [-0.1, -0.05) is 25.9 Å². The fourth-order valence-electron chi connectivity index (χ4n) is 3.44. The summed E-state index contributed by atoms with van der Waals surface area (Å²) in [5.74, 6) is 1.44. The Hall–Kier alpha value is -2.53. The van der Waals surface area contributed by atoms with Crippen molar-refractivity contribution in [2.24, 2.45) is 0 Å². The molecule has 0 radical (unpaired) electrons. The van der Waals surface area contributed by atoms with E-state index in [-0.39, 0.29) is 23.7 Å². The first kappa shape index (κ1) is 22.7. The number of nitrogens with zero attached hydrogens (tertiary/aromatic N) is 3. The minimum absolute atomic E-state index is 0.0399. The van der Waals surface area contributed by atoms with Crippen molar-refractivity contribution in [3.8, 4) is 17.3 Å². The Bertz CT molecular complexity index is 1140. The van der Waals surface area contributed by atoms with Crippen molar-refractivity contribution in [2.75, 3.05) is 23.4 Å². The van der Waals surface area contributed by atoms with Gasteiger partial charge in [-0.15, -0.1) is 5.10 Å². The van der Waals surface area contributed by atoms with Crippen molar-refractivity contribution in [3.05, 3.63) is 29.3 Å². The second kappa shape index (κ2) is 8.11. The minimum Gasteiger partial charge on any atom is -0.616 e. The SMILES string of the molecule is Cc1cc(-c2nnc(N[C@H]3C[S@@+]([O-])C3)o2)nc2c(C(C)(C)C)cc(OCC(F)(F)F)cc12. The number of hydrogen-bond donors (Lipinski definition) is 1. The number of anilines is 1. The van der Waals surface area contributed by atoms with Crippen LogP contribution >= 0.6 is 0 Å². The van der Waals surface area contributed by atoms with Crippen LogP contribution in [0.2, 0.25) is 0 Å². The molecular formula is C21H23F3N4O3S. The molecule has 11 heteroatoms. The smallest absolute Gasteiger partial charge is 0.422 e. The third-order valence-corrected chi connectivity index (χ3v) is 6.60. The second-order valence-electron chi connectivity index (χ2n) is 8.87. The quantitative estimate of drug-likeness (QED) is 0.555. The first-order valence-corrected chi connectivity index (χ1v) is 11.5. The maximum absolute atomic E-state index is 12.7. The van der Waals surface area contributed by atoms with Crippen LogP contribution in [0.4, 0.5) is 19.2 Å². The van der Waals surface area contributed by atoms with Gasteiger partial charge in [-0.2, -0.15) is 13.2 Å². The van der Waals surface area contributed by atoms with Crippen LogP contribution in [0.1, 0.15) is 31.9 Å². The number of pyridine rings is 1. The number of benzene rings is 1. The lowest BCUT2D eigenvalue weighted by molar-refractivity contribution is -0.153. The summed E-state index contributed by atoms with van der Waals surface area (Å²) in [6, 6.07) is 5.19. The highest BCUT2D eigenvalue weighted by atomic mass is 32.2. The molecule has 4 rings (SSSR count). The first-order valence-electron chi connectivity index (χ1n) is 10.00. The lowest BCUT2D eigenvalue weighted by Crippen LogP contribution is -2.46. The van der Waals surface area contributed by atoms with E-state index in [0.29, 0.717) is 28.1 Å². The number of aryl methyl sites for hydroxylation is 1. The molecule has 1 aromatic carbocycles. The molecule has 1 aliphatic rings. The molecule has 0 unspecified atom stereocenters. The average Bonchev–Trinajstić information content (AvgIpc) is 3.12. The highest BCUT2D eigenvalue weighted by molar-refractivity contribution is 7.92. The van der Waals surface area contributed by atoms with E-state index in [2.05, 4.69) is 15.5 Å². The summed E-state index contributed by atoms with van der Waals surface area (Å²) >= 11 is -0.801. The molecule has 3 heterocycles. The van der Waals surface area contributed by atoms with E-state index in [1.165, 1.54) is 0 Å². The van der Waals surface area contributed by atoms with E-state index < -0.39 is 29.4 Å². The monoisotopic (exact) mass is 468 g/mol. The van der Waals surface area contributed by atoms with Gasteiger partial charge >= 0.3 is 12.2 Å². The molecule has 1 aliphatic heterocycles. The summed E-state index contributed by atoms with van der Waals surface area (Å²) in [6.07, 6.45) is -4.42. The summed E-state index contributed by atoms with van der Waals surface area (Å²) in [7, 11) is 0. The molecule has 32 heavy (non-hydrogen) atoms. The summed E-state index contributed by atoms with van der Waals surface area (Å²) in [4.78, 5) is 4.71. The standard InChI is InChI=1S/C21H23F3N4O3S/c1-11-5-16(18-27-28-19(31-18)25-12-8-32(29)9-12)26-17-14(11)6-13(30-10-21(22,23)24)7-15(17)20(2,3)4/h5-7,12H,8-10H2,1-4H3,(H,25,28)/t12-,32+. The largest absolute Gasteiger partial charge is 0.616 e. The number of halogens is 3. The second-order valence-corrected chi connectivity index (χ2v) is 10.4. The summed E-state index contributed by atoms with van der Waals surface area (Å²) in [5, 5.41) is 11.8. The van der Waals surface area contributed by atoms with Gasteiger partial charge in [-0.05, 0) is 52.8 Å². The summed E-state index contributed by atoms with van der Waals surface area (Å²) < 4.78 is 59.9. The number of rotatable bonds is 5. The number of fused-ring (bicyclic) bond motifs is 1. The maximum Gasteiger partial charge on any atom is 0.422 e. The molecule has 1 fully saturated rings. The predicted molar refractivity (Wildman–Crippen MR) is 115 cm³/mol. The Balaban J connectivity index is 1.71. The number of aromatic nitrogens is 3. The van der Waals surface area contributed by atoms with Crippen LogP contribution in [-0.4, -0.2) is 50.1 Å². The highest BCUT2D eigenvalue weighted by Gasteiger charge is 2.33. The lowest BCUT2D eigenvalue weighted by atomic mass is 9.84. The molecular weight excluding hydrogens is 445 g/mol. The molecule has 0 amide bonds. The van der Waals surface area contributed by atoms with Gasteiger partial charge in [0.2, 0.25) is 0 Å². The van der Waals surface area contributed by atoms with Crippen molar-refractivity contribution in [3.63, 3.8) is 0 Å². The Kier molecular flexibility index (Phi) is 5.74. The molecule has 172 valence electrons. The molecule has 0 spiro atoms. The van der Waals surface area contributed by atoms with Gasteiger partial charge in [0.05, 0.1) is 5.52 Å². The van der Waals surface area contributed by atoms with Crippen molar-refractivity contribution >= 4 is 28.1 Å². The van der Waals surface area contributed by atoms with E-state index in [1.54, 1.807) is 18.2 Å². The van der Waals surface area contributed by atoms with E-state index in [4.69, 9.17) is 14.1 Å². The number of ether oxygens (including phenoxy) is 1. The molecule has 1 saturated heterocycles. The van der Waals surface area contributed by atoms with E-state index >= 15 is 0 Å². The van der Waals surface area contributed by atoms with Gasteiger partial charge in [0.15, 0.2) is 6.61 Å². The van der Waals surface area contributed by atoms with Gasteiger partial charge in [-0.25, -0.2) is 4.98 Å². The zero-order chi connectivity index (χ0) is 23.3. The van der Waals surface area contributed by atoms with Crippen LogP contribution in [0.5, 0.6) is 5.75 Å². The Morgan fingerprint density at radius 1 is 1.19 bits per heavy atom. The zero-order valence-electron chi connectivity index (χ0n) is 18.0. The van der Waals surface area contributed by atoms with Crippen molar-refractivity contribution in [1.82, 2.24) is 15.2 Å². The van der Waals surface area contributed by atoms with Gasteiger partial charge in [-0.3, -0.25) is 0 Å². The fraction of sp³-hybridized carbons (Fsp3) is 0.476. The Morgan fingerprint density at radius 2 is 1.91 bits per heavy atom. The van der Waals surface area contributed by atoms with Crippen LogP contribution in [-0.2, 0) is 16.6 Å².